The lowest BCUT2D eigenvalue weighted by Gasteiger charge is -2.24. The fourth-order valence-corrected chi connectivity index (χ4v) is 4.22. The largest absolute Gasteiger partial charge is 0.490 e. The third-order valence-electron chi connectivity index (χ3n) is 5.00. The molecule has 1 aliphatic rings. The Kier molecular flexibility index (Phi) is 4.76. The molecule has 1 N–H and O–H groups in total. The average molecular weight is 402 g/mol. The van der Waals surface area contributed by atoms with E-state index in [4.69, 9.17) is 9.47 Å². The van der Waals surface area contributed by atoms with E-state index in [0.29, 0.717) is 35.7 Å². The lowest BCUT2D eigenvalue weighted by Crippen LogP contribution is -2.26. The zero-order valence-corrected chi connectivity index (χ0v) is 16.6. The van der Waals surface area contributed by atoms with Gasteiger partial charge >= 0.3 is 0 Å². The fraction of sp³-hybridized carbons (Fsp3) is 0.350. The summed E-state index contributed by atoms with van der Waals surface area (Å²) in [5, 5.41) is 0. The van der Waals surface area contributed by atoms with E-state index in [1.165, 1.54) is 6.26 Å². The SMILES string of the molecule is Cc1cc(-c2cc(S(C)(=O)=O)ccc2OC2CCOCC2)n2cc[nH]c(=O)c12. The maximum Gasteiger partial charge on any atom is 0.272 e. The number of H-pyrrole nitrogens is 1. The monoisotopic (exact) mass is 402 g/mol. The summed E-state index contributed by atoms with van der Waals surface area (Å²) in [4.78, 5) is 15.1. The Hall–Kier alpha value is -2.58. The van der Waals surface area contributed by atoms with E-state index in [-0.39, 0.29) is 16.6 Å². The minimum atomic E-state index is -3.39. The van der Waals surface area contributed by atoms with Gasteiger partial charge in [0.2, 0.25) is 0 Å². The molecule has 0 saturated carbocycles. The van der Waals surface area contributed by atoms with Crippen molar-refractivity contribution in [1.29, 1.82) is 0 Å². The summed E-state index contributed by atoms with van der Waals surface area (Å²) in [6.07, 6.45) is 6.06. The van der Waals surface area contributed by atoms with E-state index in [0.717, 1.165) is 18.4 Å². The highest BCUT2D eigenvalue weighted by molar-refractivity contribution is 7.90. The van der Waals surface area contributed by atoms with Crippen molar-refractivity contribution in [2.75, 3.05) is 19.5 Å². The van der Waals surface area contributed by atoms with E-state index in [2.05, 4.69) is 4.98 Å². The summed E-state index contributed by atoms with van der Waals surface area (Å²) in [7, 11) is -3.39. The molecule has 0 atom stereocenters. The molecule has 3 heterocycles. The van der Waals surface area contributed by atoms with Crippen LogP contribution in [-0.2, 0) is 14.6 Å². The quantitative estimate of drug-likeness (QED) is 0.724. The molecule has 2 aromatic heterocycles. The van der Waals surface area contributed by atoms with Crippen LogP contribution in [0.15, 0.2) is 46.3 Å². The van der Waals surface area contributed by atoms with Crippen LogP contribution in [0.4, 0.5) is 0 Å². The zero-order valence-electron chi connectivity index (χ0n) is 15.8. The topological polar surface area (TPSA) is 89.9 Å². The number of nitrogens with one attached hydrogen (secondary N) is 1. The van der Waals surface area contributed by atoms with Crippen molar-refractivity contribution < 1.29 is 17.9 Å². The van der Waals surface area contributed by atoms with E-state index < -0.39 is 9.84 Å². The first kappa shape index (κ1) is 18.8. The number of fused-ring (bicyclic) bond motifs is 1. The Morgan fingerprint density at radius 2 is 1.96 bits per heavy atom. The second-order valence-electron chi connectivity index (χ2n) is 7.08. The van der Waals surface area contributed by atoms with Gasteiger partial charge in [-0.3, -0.25) is 4.79 Å². The highest BCUT2D eigenvalue weighted by atomic mass is 32.2. The first-order chi connectivity index (χ1) is 13.3. The lowest BCUT2D eigenvalue weighted by atomic mass is 10.1. The molecule has 1 aromatic carbocycles. The summed E-state index contributed by atoms with van der Waals surface area (Å²) in [5.41, 5.74) is 2.49. The molecule has 28 heavy (non-hydrogen) atoms. The molecule has 3 aromatic rings. The fourth-order valence-electron chi connectivity index (χ4n) is 3.58. The van der Waals surface area contributed by atoms with Crippen LogP contribution in [0.2, 0.25) is 0 Å². The molecule has 7 nitrogen and oxygen atoms in total. The van der Waals surface area contributed by atoms with Crippen LogP contribution >= 0.6 is 0 Å². The van der Waals surface area contributed by atoms with Gasteiger partial charge < -0.3 is 18.9 Å². The molecule has 1 fully saturated rings. The molecule has 4 rings (SSSR count). The number of hydrogen-bond acceptors (Lipinski definition) is 5. The first-order valence-corrected chi connectivity index (χ1v) is 11.0. The van der Waals surface area contributed by atoms with Crippen molar-refractivity contribution in [2.24, 2.45) is 0 Å². The first-order valence-electron chi connectivity index (χ1n) is 9.13. The van der Waals surface area contributed by atoms with E-state index in [1.54, 1.807) is 35.0 Å². The number of nitrogens with zero attached hydrogens (tertiary/aromatic N) is 1. The number of sulfone groups is 1. The number of aromatic amines is 1. The molecule has 0 amide bonds. The van der Waals surface area contributed by atoms with Gasteiger partial charge in [0.15, 0.2) is 9.84 Å². The number of benzene rings is 1. The van der Waals surface area contributed by atoms with Crippen molar-refractivity contribution in [1.82, 2.24) is 9.38 Å². The van der Waals surface area contributed by atoms with Gasteiger partial charge in [0.1, 0.15) is 17.4 Å². The van der Waals surface area contributed by atoms with Crippen molar-refractivity contribution in [3.8, 4) is 17.0 Å². The molecular formula is C20H22N2O5S. The van der Waals surface area contributed by atoms with Gasteiger partial charge in [0.05, 0.1) is 23.8 Å². The maximum atomic E-state index is 12.3. The summed E-state index contributed by atoms with van der Waals surface area (Å²) < 4.78 is 37.6. The van der Waals surface area contributed by atoms with Crippen LogP contribution in [0, 0.1) is 6.92 Å². The molecule has 148 valence electrons. The zero-order chi connectivity index (χ0) is 19.9. The van der Waals surface area contributed by atoms with Crippen molar-refractivity contribution in [3.05, 3.63) is 52.6 Å². The molecule has 0 spiro atoms. The van der Waals surface area contributed by atoms with E-state index in [9.17, 15) is 13.2 Å². The predicted octanol–water partition coefficient (Wildman–Crippen LogP) is 2.56. The molecule has 0 bridgehead atoms. The molecule has 0 radical (unpaired) electrons. The smallest absolute Gasteiger partial charge is 0.272 e. The van der Waals surface area contributed by atoms with Crippen LogP contribution in [0.5, 0.6) is 5.75 Å². The maximum absolute atomic E-state index is 12.3. The summed E-state index contributed by atoms with van der Waals surface area (Å²) >= 11 is 0. The second-order valence-corrected chi connectivity index (χ2v) is 9.10. The number of aryl methyl sites for hydroxylation is 1. The van der Waals surface area contributed by atoms with Crippen molar-refractivity contribution in [3.63, 3.8) is 0 Å². The number of rotatable bonds is 4. The van der Waals surface area contributed by atoms with Gasteiger partial charge in [0.25, 0.3) is 5.56 Å². The molecule has 1 saturated heterocycles. The lowest BCUT2D eigenvalue weighted by molar-refractivity contribution is 0.0258. The van der Waals surface area contributed by atoms with Crippen molar-refractivity contribution >= 4 is 15.4 Å². The highest BCUT2D eigenvalue weighted by Gasteiger charge is 2.21. The summed E-state index contributed by atoms with van der Waals surface area (Å²) in [5.74, 6) is 0.596. The van der Waals surface area contributed by atoms with Crippen LogP contribution in [0.1, 0.15) is 18.4 Å². The average Bonchev–Trinajstić information content (AvgIpc) is 3.00. The van der Waals surface area contributed by atoms with Crippen LogP contribution in [0.3, 0.4) is 0 Å². The highest BCUT2D eigenvalue weighted by Crippen LogP contribution is 2.35. The van der Waals surface area contributed by atoms with E-state index >= 15 is 0 Å². The number of ether oxygens (including phenoxy) is 2. The molecule has 1 aliphatic heterocycles. The summed E-state index contributed by atoms with van der Waals surface area (Å²) in [6.45, 7) is 3.14. The normalized spacial score (nSPS) is 15.8. The Balaban J connectivity index is 1.90. The third-order valence-corrected chi connectivity index (χ3v) is 6.11. The van der Waals surface area contributed by atoms with Crippen LogP contribution in [-0.4, -0.2) is 43.4 Å². The molecule has 0 aliphatic carbocycles. The Morgan fingerprint density at radius 3 is 2.68 bits per heavy atom. The van der Waals surface area contributed by atoms with Gasteiger partial charge in [-0.1, -0.05) is 0 Å². The van der Waals surface area contributed by atoms with Gasteiger partial charge in [-0.05, 0) is 36.8 Å². The van der Waals surface area contributed by atoms with Crippen LogP contribution in [0.25, 0.3) is 16.8 Å². The van der Waals surface area contributed by atoms with Gasteiger partial charge in [-0.15, -0.1) is 0 Å². The standard InChI is InChI=1S/C20H22N2O5S/c1-13-11-17(22-8-7-21-20(23)19(13)22)16-12-15(28(2,24)25)3-4-18(16)27-14-5-9-26-10-6-14/h3-4,7-8,11-12,14H,5-6,9-10H2,1-2H3,(H,21,23). The molecular weight excluding hydrogens is 380 g/mol. The second kappa shape index (κ2) is 7.10. The number of aromatic nitrogens is 2. The van der Waals surface area contributed by atoms with Gasteiger partial charge in [0, 0.05) is 37.1 Å². The Morgan fingerprint density at radius 1 is 1.21 bits per heavy atom. The molecule has 0 unspecified atom stereocenters. The van der Waals surface area contributed by atoms with Gasteiger partial charge in [-0.25, -0.2) is 8.42 Å². The van der Waals surface area contributed by atoms with Crippen molar-refractivity contribution in [2.45, 2.75) is 30.8 Å². The minimum Gasteiger partial charge on any atom is -0.490 e. The minimum absolute atomic E-state index is 0.00677. The third kappa shape index (κ3) is 3.45. The number of hydrogen-bond donors (Lipinski definition) is 1. The van der Waals surface area contributed by atoms with Crippen LogP contribution < -0.4 is 10.3 Å². The molecule has 8 heteroatoms. The Labute approximate surface area is 162 Å². The predicted molar refractivity (Wildman–Crippen MR) is 106 cm³/mol. The summed E-state index contributed by atoms with van der Waals surface area (Å²) in [6, 6.07) is 6.75. The van der Waals surface area contributed by atoms with Gasteiger partial charge in [-0.2, -0.15) is 0 Å². The Bertz CT molecular complexity index is 1190. The van der Waals surface area contributed by atoms with E-state index in [1.807, 2.05) is 13.0 Å².